The third kappa shape index (κ3) is 4.54. The van der Waals surface area contributed by atoms with Crippen molar-refractivity contribution < 1.29 is 9.53 Å². The molecule has 1 amide bonds. The van der Waals surface area contributed by atoms with Gasteiger partial charge in [-0.1, -0.05) is 54.6 Å². The molecule has 0 saturated heterocycles. The number of nitrogens with one attached hydrogen (secondary N) is 1. The number of nitrogens with zero attached hydrogens (tertiary/aromatic N) is 2. The van der Waals surface area contributed by atoms with Gasteiger partial charge in [0, 0.05) is 29.3 Å². The van der Waals surface area contributed by atoms with E-state index < -0.39 is 0 Å². The number of fused-ring (bicyclic) bond motifs is 1. The van der Waals surface area contributed by atoms with E-state index >= 15 is 0 Å². The lowest BCUT2D eigenvalue weighted by atomic mass is 9.95. The number of rotatable bonds is 7. The summed E-state index contributed by atoms with van der Waals surface area (Å²) in [6, 6.07) is 26.5. The van der Waals surface area contributed by atoms with Gasteiger partial charge in [0.15, 0.2) is 0 Å². The molecule has 0 radical (unpaired) electrons. The van der Waals surface area contributed by atoms with Gasteiger partial charge < -0.3 is 10.1 Å². The first-order valence-corrected chi connectivity index (χ1v) is 10.1. The molecule has 0 unspecified atom stereocenters. The monoisotopic (exact) mass is 407 g/mol. The molecule has 5 heteroatoms. The molecule has 1 aromatic heterocycles. The van der Waals surface area contributed by atoms with E-state index in [1.165, 1.54) is 0 Å². The number of hydrogen-bond acceptors (Lipinski definition) is 4. The summed E-state index contributed by atoms with van der Waals surface area (Å²) in [4.78, 5) is 17.2. The lowest BCUT2D eigenvalue weighted by molar-refractivity contribution is 0.0952. The second-order valence-corrected chi connectivity index (χ2v) is 6.99. The smallest absolute Gasteiger partial charge is 0.251 e. The van der Waals surface area contributed by atoms with Gasteiger partial charge in [-0.3, -0.25) is 9.78 Å². The van der Waals surface area contributed by atoms with Crippen LogP contribution in [0.25, 0.3) is 22.0 Å². The average Bonchev–Trinajstić information content (AvgIpc) is 2.83. The molecule has 1 heterocycles. The summed E-state index contributed by atoms with van der Waals surface area (Å²) in [7, 11) is 0. The first-order chi connectivity index (χ1) is 15.3. The maximum atomic E-state index is 12.8. The quantitative estimate of drug-likeness (QED) is 0.439. The largest absolute Gasteiger partial charge is 0.491 e. The minimum atomic E-state index is -0.171. The van der Waals surface area contributed by atoms with E-state index in [1.807, 2.05) is 66.7 Å². The Kier molecular flexibility index (Phi) is 6.20. The fourth-order valence-corrected chi connectivity index (χ4v) is 3.48. The third-order valence-corrected chi connectivity index (χ3v) is 4.97. The van der Waals surface area contributed by atoms with Crippen molar-refractivity contribution in [1.29, 1.82) is 5.26 Å². The highest BCUT2D eigenvalue weighted by atomic mass is 16.5. The van der Waals surface area contributed by atoms with Crippen molar-refractivity contribution in [3.05, 3.63) is 96.2 Å². The minimum absolute atomic E-state index is 0.171. The van der Waals surface area contributed by atoms with E-state index in [1.54, 1.807) is 18.3 Å². The first kappa shape index (κ1) is 20.1. The van der Waals surface area contributed by atoms with Gasteiger partial charge in [-0.25, -0.2) is 0 Å². The standard InChI is InChI=1S/C26H21N3O2/c27-18-20-8-1-2-11-21(20)22-12-3-4-13-23(22)26(30)29-16-7-17-31-24-14-5-9-19-10-6-15-28-25(19)24/h1-6,8-15H,7,16-17H2,(H,29,30). The molecular weight excluding hydrogens is 386 g/mol. The molecule has 3 aromatic carbocycles. The minimum Gasteiger partial charge on any atom is -0.491 e. The van der Waals surface area contributed by atoms with Crippen LogP contribution in [0, 0.1) is 11.3 Å². The summed E-state index contributed by atoms with van der Waals surface area (Å²) in [5.41, 5.74) is 3.42. The van der Waals surface area contributed by atoms with Crippen LogP contribution in [0.4, 0.5) is 0 Å². The summed E-state index contributed by atoms with van der Waals surface area (Å²) in [5, 5.41) is 13.4. The zero-order valence-corrected chi connectivity index (χ0v) is 16.9. The van der Waals surface area contributed by atoms with Crippen LogP contribution in [0.2, 0.25) is 0 Å². The molecular formula is C26H21N3O2. The number of nitriles is 1. The Morgan fingerprint density at radius 1 is 0.935 bits per heavy atom. The van der Waals surface area contributed by atoms with Crippen LogP contribution in [0.15, 0.2) is 85.1 Å². The van der Waals surface area contributed by atoms with Crippen molar-refractivity contribution >= 4 is 16.8 Å². The van der Waals surface area contributed by atoms with Crippen LogP contribution in [0.1, 0.15) is 22.3 Å². The molecule has 31 heavy (non-hydrogen) atoms. The molecule has 0 aliphatic carbocycles. The van der Waals surface area contributed by atoms with E-state index in [-0.39, 0.29) is 5.91 Å². The highest BCUT2D eigenvalue weighted by Gasteiger charge is 2.14. The van der Waals surface area contributed by atoms with Crippen LogP contribution in [0.5, 0.6) is 5.75 Å². The van der Waals surface area contributed by atoms with E-state index in [0.717, 1.165) is 27.8 Å². The second-order valence-electron chi connectivity index (χ2n) is 6.99. The zero-order chi connectivity index (χ0) is 21.5. The number of hydrogen-bond donors (Lipinski definition) is 1. The molecule has 0 saturated carbocycles. The molecule has 0 bridgehead atoms. The summed E-state index contributed by atoms with van der Waals surface area (Å²) >= 11 is 0. The Hall–Kier alpha value is -4.17. The van der Waals surface area contributed by atoms with E-state index in [4.69, 9.17) is 4.74 Å². The summed E-state index contributed by atoms with van der Waals surface area (Å²) < 4.78 is 5.88. The molecule has 152 valence electrons. The van der Waals surface area contributed by atoms with Crippen LogP contribution in [-0.4, -0.2) is 24.0 Å². The maximum Gasteiger partial charge on any atom is 0.251 e. The Morgan fingerprint density at radius 3 is 2.58 bits per heavy atom. The number of para-hydroxylation sites is 1. The molecule has 1 N–H and O–H groups in total. The molecule has 5 nitrogen and oxygen atoms in total. The van der Waals surface area contributed by atoms with Crippen molar-refractivity contribution in [2.45, 2.75) is 6.42 Å². The van der Waals surface area contributed by atoms with Gasteiger partial charge in [-0.05, 0) is 36.2 Å². The lowest BCUT2D eigenvalue weighted by Gasteiger charge is -2.12. The normalized spacial score (nSPS) is 10.4. The Balaban J connectivity index is 1.37. The topological polar surface area (TPSA) is 75.0 Å². The number of carbonyl (C=O) groups excluding carboxylic acids is 1. The van der Waals surface area contributed by atoms with Crippen molar-refractivity contribution in [1.82, 2.24) is 10.3 Å². The number of benzene rings is 3. The molecule has 0 atom stereocenters. The van der Waals surface area contributed by atoms with Gasteiger partial charge in [-0.15, -0.1) is 0 Å². The van der Waals surface area contributed by atoms with E-state index in [0.29, 0.717) is 30.7 Å². The van der Waals surface area contributed by atoms with Gasteiger partial charge in [0.05, 0.1) is 18.2 Å². The molecule has 4 aromatic rings. The third-order valence-electron chi connectivity index (χ3n) is 4.97. The summed E-state index contributed by atoms with van der Waals surface area (Å²) in [6.07, 6.45) is 2.41. The van der Waals surface area contributed by atoms with Gasteiger partial charge >= 0.3 is 0 Å². The first-order valence-electron chi connectivity index (χ1n) is 10.1. The second kappa shape index (κ2) is 9.55. The average molecular weight is 407 g/mol. The van der Waals surface area contributed by atoms with Crippen molar-refractivity contribution in [3.63, 3.8) is 0 Å². The summed E-state index contributed by atoms with van der Waals surface area (Å²) in [6.45, 7) is 0.945. The molecule has 0 fully saturated rings. The highest BCUT2D eigenvalue weighted by Crippen LogP contribution is 2.27. The Bertz CT molecular complexity index is 1260. The van der Waals surface area contributed by atoms with Gasteiger partial charge in [0.2, 0.25) is 0 Å². The molecule has 0 aliphatic heterocycles. The number of pyridine rings is 1. The van der Waals surface area contributed by atoms with E-state index in [9.17, 15) is 10.1 Å². The van der Waals surface area contributed by atoms with Crippen LogP contribution in [-0.2, 0) is 0 Å². The fourth-order valence-electron chi connectivity index (χ4n) is 3.48. The van der Waals surface area contributed by atoms with Crippen molar-refractivity contribution in [2.75, 3.05) is 13.2 Å². The predicted octanol–water partition coefficient (Wildman–Crippen LogP) is 4.97. The fraction of sp³-hybridized carbons (Fsp3) is 0.115. The van der Waals surface area contributed by atoms with Gasteiger partial charge in [0.25, 0.3) is 5.91 Å². The van der Waals surface area contributed by atoms with Crippen LogP contribution >= 0.6 is 0 Å². The van der Waals surface area contributed by atoms with Crippen molar-refractivity contribution in [3.8, 4) is 22.9 Å². The molecule has 0 aliphatic rings. The SMILES string of the molecule is N#Cc1ccccc1-c1ccccc1C(=O)NCCCOc1cccc2cccnc12. The zero-order valence-electron chi connectivity index (χ0n) is 16.9. The summed E-state index contributed by atoms with van der Waals surface area (Å²) in [5.74, 6) is 0.568. The maximum absolute atomic E-state index is 12.8. The molecule has 0 spiro atoms. The Morgan fingerprint density at radius 2 is 1.71 bits per heavy atom. The highest BCUT2D eigenvalue weighted by molar-refractivity contribution is 6.01. The van der Waals surface area contributed by atoms with Gasteiger partial charge in [-0.2, -0.15) is 5.26 Å². The van der Waals surface area contributed by atoms with Crippen LogP contribution in [0.3, 0.4) is 0 Å². The van der Waals surface area contributed by atoms with Crippen molar-refractivity contribution in [2.24, 2.45) is 0 Å². The number of amides is 1. The number of aromatic nitrogens is 1. The molecule has 4 rings (SSSR count). The Labute approximate surface area is 180 Å². The lowest BCUT2D eigenvalue weighted by Crippen LogP contribution is -2.26. The predicted molar refractivity (Wildman–Crippen MR) is 121 cm³/mol. The van der Waals surface area contributed by atoms with Crippen LogP contribution < -0.4 is 10.1 Å². The number of carbonyl (C=O) groups is 1. The van der Waals surface area contributed by atoms with E-state index in [2.05, 4.69) is 16.4 Å². The number of ether oxygens (including phenoxy) is 1. The van der Waals surface area contributed by atoms with Gasteiger partial charge in [0.1, 0.15) is 11.3 Å².